The van der Waals surface area contributed by atoms with Gasteiger partial charge >= 0.3 is 0 Å². The summed E-state index contributed by atoms with van der Waals surface area (Å²) < 4.78 is 2.34. The number of hydrogen-bond acceptors (Lipinski definition) is 3. The van der Waals surface area contributed by atoms with Crippen LogP contribution in [-0.4, -0.2) is 32.6 Å². The Morgan fingerprint density at radius 1 is 1.21 bits per heavy atom. The average molecular weight is 435 g/mol. The molecular formula is C20H20Cl2N4OS. The zero-order valence-corrected chi connectivity index (χ0v) is 17.9. The quantitative estimate of drug-likeness (QED) is 0.537. The molecule has 0 aliphatic rings. The number of hydrogen-bond donors (Lipinski definition) is 1. The molecule has 8 heteroatoms. The molecule has 0 aliphatic heterocycles. The van der Waals surface area contributed by atoms with E-state index in [-0.39, 0.29) is 5.91 Å². The molecule has 0 bridgehead atoms. The maximum Gasteiger partial charge on any atom is 0.224 e. The van der Waals surface area contributed by atoms with Gasteiger partial charge in [-0.3, -0.25) is 14.5 Å². The second kappa shape index (κ2) is 8.90. The number of halogens is 2. The summed E-state index contributed by atoms with van der Waals surface area (Å²) in [6.07, 6.45) is 0.300. The van der Waals surface area contributed by atoms with Crippen LogP contribution < -0.4 is 0 Å². The van der Waals surface area contributed by atoms with Crippen molar-refractivity contribution in [3.8, 4) is 11.4 Å². The van der Waals surface area contributed by atoms with Gasteiger partial charge in [-0.2, -0.15) is 5.10 Å². The fourth-order valence-electron chi connectivity index (χ4n) is 2.84. The minimum Gasteiger partial charge on any atom is -0.341 e. The zero-order valence-electron chi connectivity index (χ0n) is 15.6. The number of rotatable bonds is 6. The van der Waals surface area contributed by atoms with Crippen LogP contribution in [-0.2, 0) is 17.9 Å². The molecule has 3 rings (SSSR count). The summed E-state index contributed by atoms with van der Waals surface area (Å²) in [7, 11) is 1.75. The standard InChI is InChI=1S/C20H20Cl2N4OS/c1-13-3-5-14(6-4-13)19-23-24-20(28)26(19)10-9-18(27)25(2)12-15-7-8-16(21)11-17(15)22/h3-8,11H,9-10,12H2,1-2H3,(H,24,28). The Bertz CT molecular complexity index is 1040. The fraction of sp³-hybridized carbons (Fsp3) is 0.250. The predicted octanol–water partition coefficient (Wildman–Crippen LogP) is 5.27. The van der Waals surface area contributed by atoms with Crippen LogP contribution in [0.15, 0.2) is 42.5 Å². The van der Waals surface area contributed by atoms with Crippen LogP contribution in [0.4, 0.5) is 0 Å². The summed E-state index contributed by atoms with van der Waals surface area (Å²) in [6.45, 7) is 2.88. The van der Waals surface area contributed by atoms with Gasteiger partial charge in [0.25, 0.3) is 0 Å². The highest BCUT2D eigenvalue weighted by Gasteiger charge is 2.14. The van der Waals surface area contributed by atoms with Crippen LogP contribution in [0, 0.1) is 11.7 Å². The largest absolute Gasteiger partial charge is 0.341 e. The SMILES string of the molecule is Cc1ccc(-c2n[nH]c(=S)n2CCC(=O)N(C)Cc2ccc(Cl)cc2Cl)cc1. The highest BCUT2D eigenvalue weighted by Crippen LogP contribution is 2.22. The van der Waals surface area contributed by atoms with Gasteiger partial charge in [0.1, 0.15) is 0 Å². The maximum absolute atomic E-state index is 12.6. The second-order valence-corrected chi connectivity index (χ2v) is 7.84. The number of nitrogens with one attached hydrogen (secondary N) is 1. The van der Waals surface area contributed by atoms with E-state index in [0.29, 0.717) is 34.3 Å². The minimum absolute atomic E-state index is 0.0102. The summed E-state index contributed by atoms with van der Waals surface area (Å²) in [5, 5.41) is 8.25. The monoisotopic (exact) mass is 434 g/mol. The molecule has 0 aliphatic carbocycles. The van der Waals surface area contributed by atoms with Gasteiger partial charge in [0.15, 0.2) is 10.6 Å². The van der Waals surface area contributed by atoms with E-state index >= 15 is 0 Å². The summed E-state index contributed by atoms with van der Waals surface area (Å²) >= 11 is 17.5. The smallest absolute Gasteiger partial charge is 0.224 e. The summed E-state index contributed by atoms with van der Waals surface area (Å²) in [6, 6.07) is 13.3. The molecule has 5 nitrogen and oxygen atoms in total. The molecule has 1 N–H and O–H groups in total. The van der Waals surface area contributed by atoms with E-state index in [4.69, 9.17) is 35.4 Å². The molecule has 0 spiro atoms. The third-order valence-corrected chi connectivity index (χ3v) is 5.36. The molecule has 1 amide bonds. The van der Waals surface area contributed by atoms with Crippen molar-refractivity contribution in [3.63, 3.8) is 0 Å². The molecule has 0 radical (unpaired) electrons. The van der Waals surface area contributed by atoms with Crippen molar-refractivity contribution in [1.82, 2.24) is 19.7 Å². The number of H-pyrrole nitrogens is 1. The molecule has 1 heterocycles. The Balaban J connectivity index is 1.68. The summed E-state index contributed by atoms with van der Waals surface area (Å²) in [4.78, 5) is 14.2. The molecule has 0 atom stereocenters. The molecule has 0 fully saturated rings. The number of aromatic amines is 1. The molecule has 1 aromatic heterocycles. The van der Waals surface area contributed by atoms with Gasteiger partial charge < -0.3 is 4.90 Å². The molecule has 28 heavy (non-hydrogen) atoms. The van der Waals surface area contributed by atoms with Crippen LogP contribution in [0.3, 0.4) is 0 Å². The highest BCUT2D eigenvalue weighted by molar-refractivity contribution is 7.71. The van der Waals surface area contributed by atoms with Crippen LogP contribution in [0.5, 0.6) is 0 Å². The third kappa shape index (κ3) is 4.82. The average Bonchev–Trinajstić information content (AvgIpc) is 3.03. The Labute approximate surface area is 178 Å². The van der Waals surface area contributed by atoms with E-state index in [9.17, 15) is 4.79 Å². The van der Waals surface area contributed by atoms with Gasteiger partial charge in [0, 0.05) is 42.2 Å². The fourth-order valence-corrected chi connectivity index (χ4v) is 3.53. The molecule has 146 valence electrons. The lowest BCUT2D eigenvalue weighted by Gasteiger charge is -2.18. The van der Waals surface area contributed by atoms with Crippen molar-refractivity contribution < 1.29 is 4.79 Å². The zero-order chi connectivity index (χ0) is 20.3. The third-order valence-electron chi connectivity index (χ3n) is 4.47. The van der Waals surface area contributed by atoms with Crippen LogP contribution in [0.1, 0.15) is 17.5 Å². The maximum atomic E-state index is 12.6. The number of aryl methyl sites for hydroxylation is 1. The van der Waals surface area contributed by atoms with Crippen molar-refractivity contribution in [2.45, 2.75) is 26.4 Å². The van der Waals surface area contributed by atoms with Crippen molar-refractivity contribution in [2.24, 2.45) is 0 Å². The number of nitrogens with zero attached hydrogens (tertiary/aromatic N) is 3. The lowest BCUT2D eigenvalue weighted by atomic mass is 10.1. The molecule has 0 saturated carbocycles. The van der Waals surface area contributed by atoms with Gasteiger partial charge in [-0.25, -0.2) is 0 Å². The predicted molar refractivity (Wildman–Crippen MR) is 115 cm³/mol. The summed E-state index contributed by atoms with van der Waals surface area (Å²) in [5.41, 5.74) is 2.97. The normalized spacial score (nSPS) is 10.9. The number of amides is 1. The lowest BCUT2D eigenvalue weighted by Crippen LogP contribution is -2.27. The van der Waals surface area contributed by atoms with E-state index in [1.54, 1.807) is 24.1 Å². The van der Waals surface area contributed by atoms with Gasteiger partial charge in [0.05, 0.1) is 0 Å². The Hall–Kier alpha value is -2.15. The van der Waals surface area contributed by atoms with E-state index in [2.05, 4.69) is 10.2 Å². The van der Waals surface area contributed by atoms with Gasteiger partial charge in [0.2, 0.25) is 5.91 Å². The number of aromatic nitrogens is 3. The van der Waals surface area contributed by atoms with Crippen molar-refractivity contribution in [3.05, 3.63) is 68.4 Å². The van der Waals surface area contributed by atoms with Crippen molar-refractivity contribution in [2.75, 3.05) is 7.05 Å². The Kier molecular flexibility index (Phi) is 6.54. The van der Waals surface area contributed by atoms with Crippen LogP contribution in [0.25, 0.3) is 11.4 Å². The van der Waals surface area contributed by atoms with Gasteiger partial charge in [-0.15, -0.1) is 0 Å². The molecule has 3 aromatic rings. The molecule has 0 unspecified atom stereocenters. The van der Waals surface area contributed by atoms with Crippen LogP contribution >= 0.6 is 35.4 Å². The van der Waals surface area contributed by atoms with E-state index in [0.717, 1.165) is 17.0 Å². The molecule has 0 saturated heterocycles. The van der Waals surface area contributed by atoms with E-state index in [1.807, 2.05) is 41.8 Å². The van der Waals surface area contributed by atoms with E-state index < -0.39 is 0 Å². The van der Waals surface area contributed by atoms with E-state index in [1.165, 1.54) is 5.56 Å². The highest BCUT2D eigenvalue weighted by atomic mass is 35.5. The first kappa shape index (κ1) is 20.6. The topological polar surface area (TPSA) is 53.9 Å². The Morgan fingerprint density at radius 3 is 2.61 bits per heavy atom. The molecule has 2 aromatic carbocycles. The second-order valence-electron chi connectivity index (χ2n) is 6.61. The first-order valence-electron chi connectivity index (χ1n) is 8.75. The van der Waals surface area contributed by atoms with Crippen molar-refractivity contribution in [1.29, 1.82) is 0 Å². The lowest BCUT2D eigenvalue weighted by molar-refractivity contribution is -0.130. The van der Waals surface area contributed by atoms with Crippen LogP contribution in [0.2, 0.25) is 10.0 Å². The van der Waals surface area contributed by atoms with Gasteiger partial charge in [-0.1, -0.05) is 59.1 Å². The first-order chi connectivity index (χ1) is 13.3. The molecular weight excluding hydrogens is 415 g/mol. The number of carbonyl (C=O) groups is 1. The number of carbonyl (C=O) groups excluding carboxylic acids is 1. The minimum atomic E-state index is -0.0102. The first-order valence-corrected chi connectivity index (χ1v) is 9.91. The van der Waals surface area contributed by atoms with Crippen molar-refractivity contribution >= 4 is 41.3 Å². The Morgan fingerprint density at radius 2 is 1.93 bits per heavy atom. The van der Waals surface area contributed by atoms with Gasteiger partial charge in [-0.05, 0) is 36.8 Å². The number of benzene rings is 2. The summed E-state index contributed by atoms with van der Waals surface area (Å²) in [5.74, 6) is 0.713.